The number of nitrogens with zero attached hydrogens (tertiary/aromatic N) is 1. The van der Waals surface area contributed by atoms with Crippen molar-refractivity contribution in [2.75, 3.05) is 0 Å². The van der Waals surface area contributed by atoms with E-state index >= 15 is 0 Å². The molecule has 0 spiro atoms. The van der Waals surface area contributed by atoms with Crippen molar-refractivity contribution in [3.05, 3.63) is 41.0 Å². The fraction of sp³-hybridized carbons (Fsp3) is 0.176. The van der Waals surface area contributed by atoms with Crippen LogP contribution in [0.3, 0.4) is 0 Å². The molecule has 11 nitrogen and oxygen atoms in total. The summed E-state index contributed by atoms with van der Waals surface area (Å²) in [6.07, 6.45) is 0. The summed E-state index contributed by atoms with van der Waals surface area (Å²) in [6, 6.07) is 3.35. The highest BCUT2D eigenvalue weighted by Crippen LogP contribution is 2.33. The van der Waals surface area contributed by atoms with Crippen LogP contribution in [0.2, 0.25) is 0 Å². The van der Waals surface area contributed by atoms with Crippen LogP contribution in [-0.2, 0) is 28.0 Å². The quantitative estimate of drug-likeness (QED) is 0.286. The molecule has 29 heavy (non-hydrogen) atoms. The van der Waals surface area contributed by atoms with E-state index in [4.69, 9.17) is 9.66 Å². The van der Waals surface area contributed by atoms with E-state index in [0.717, 1.165) is 30.0 Å². The lowest BCUT2D eigenvalue weighted by atomic mass is 10.1. The number of carbonyl (C=O) groups is 2. The van der Waals surface area contributed by atoms with Crippen molar-refractivity contribution in [3.8, 4) is 23.0 Å². The number of carbonyl (C=O) groups excluding carboxylic acids is 1. The van der Waals surface area contributed by atoms with Crippen molar-refractivity contribution in [2.45, 2.75) is 24.9 Å². The summed E-state index contributed by atoms with van der Waals surface area (Å²) in [4.78, 5) is 23.0. The Bertz CT molecular complexity index is 1090. The van der Waals surface area contributed by atoms with Crippen molar-refractivity contribution in [2.24, 2.45) is 0 Å². The number of amides is 1. The van der Waals surface area contributed by atoms with Crippen molar-refractivity contribution in [3.63, 3.8) is 0 Å². The number of carboxylic acids is 1. The molecule has 0 saturated carbocycles. The SMILES string of the molecule is CC(=O)N(Cc1cc(O)c(C(=O)O)cc1O)Cc1cc(O)cc(S(=O)(=O)O)c1O. The van der Waals surface area contributed by atoms with E-state index in [-0.39, 0.29) is 17.7 Å². The molecule has 2 aromatic rings. The van der Waals surface area contributed by atoms with E-state index in [9.17, 15) is 38.4 Å². The summed E-state index contributed by atoms with van der Waals surface area (Å²) in [5.41, 5.74) is -0.805. The minimum Gasteiger partial charge on any atom is -0.508 e. The number of aromatic carboxylic acids is 1. The number of rotatable bonds is 6. The Labute approximate surface area is 164 Å². The molecule has 0 saturated heterocycles. The molecular weight excluding hydrogens is 410 g/mol. The Hall–Kier alpha value is -3.51. The van der Waals surface area contributed by atoms with Gasteiger partial charge in [-0.3, -0.25) is 9.35 Å². The maximum atomic E-state index is 12.0. The van der Waals surface area contributed by atoms with E-state index in [0.29, 0.717) is 6.07 Å². The van der Waals surface area contributed by atoms with Gasteiger partial charge in [0.15, 0.2) is 0 Å². The molecule has 0 atom stereocenters. The summed E-state index contributed by atoms with van der Waals surface area (Å²) in [6.45, 7) is 0.329. The molecule has 0 unspecified atom stereocenters. The van der Waals surface area contributed by atoms with Crippen LogP contribution in [-0.4, -0.2) is 55.3 Å². The lowest BCUT2D eigenvalue weighted by molar-refractivity contribution is -0.130. The van der Waals surface area contributed by atoms with Gasteiger partial charge in [0.25, 0.3) is 10.1 Å². The van der Waals surface area contributed by atoms with Gasteiger partial charge in [-0.25, -0.2) is 4.79 Å². The second-order valence-electron chi connectivity index (χ2n) is 6.11. The number of hydrogen-bond acceptors (Lipinski definition) is 8. The standard InChI is InChI=1S/C17H17NO10S/c1-8(19)18(6-9-3-14(22)12(17(24)25)5-13(9)21)7-10-2-11(20)4-15(16(10)23)29(26,27)28/h2-5,20-23H,6-7H2,1H3,(H,24,25)(H,26,27,28). The number of phenolic OH excluding ortho intramolecular Hbond substituents is 3. The van der Waals surface area contributed by atoms with E-state index in [1.54, 1.807) is 0 Å². The maximum absolute atomic E-state index is 12.0. The molecule has 0 bridgehead atoms. The summed E-state index contributed by atoms with van der Waals surface area (Å²) >= 11 is 0. The highest BCUT2D eigenvalue weighted by molar-refractivity contribution is 7.86. The molecule has 1 amide bonds. The molecule has 2 rings (SSSR count). The van der Waals surface area contributed by atoms with Gasteiger partial charge in [0.2, 0.25) is 5.91 Å². The Balaban J connectivity index is 2.43. The molecule has 0 aliphatic heterocycles. The molecule has 0 heterocycles. The second-order valence-corrected chi connectivity index (χ2v) is 7.49. The van der Waals surface area contributed by atoms with Gasteiger partial charge in [0.05, 0.1) is 0 Å². The first-order chi connectivity index (χ1) is 13.3. The first-order valence-electron chi connectivity index (χ1n) is 7.87. The van der Waals surface area contributed by atoms with Crippen LogP contribution >= 0.6 is 0 Å². The van der Waals surface area contributed by atoms with Gasteiger partial charge in [-0.15, -0.1) is 0 Å². The van der Waals surface area contributed by atoms with Crippen LogP contribution in [0.4, 0.5) is 0 Å². The van der Waals surface area contributed by atoms with Crippen LogP contribution in [0.15, 0.2) is 29.2 Å². The van der Waals surface area contributed by atoms with E-state index in [2.05, 4.69) is 0 Å². The number of benzene rings is 2. The Kier molecular flexibility index (Phi) is 5.90. The molecule has 12 heteroatoms. The summed E-state index contributed by atoms with van der Waals surface area (Å²) in [5.74, 6) is -4.73. The van der Waals surface area contributed by atoms with Crippen molar-refractivity contribution < 1.29 is 48.1 Å². The van der Waals surface area contributed by atoms with Crippen molar-refractivity contribution in [1.82, 2.24) is 4.90 Å². The number of carboxylic acid groups (broad SMARTS) is 1. The number of hydrogen-bond donors (Lipinski definition) is 6. The van der Waals surface area contributed by atoms with Gasteiger partial charge in [0, 0.05) is 37.2 Å². The molecule has 2 aromatic carbocycles. The van der Waals surface area contributed by atoms with Gasteiger partial charge in [-0.2, -0.15) is 8.42 Å². The molecule has 156 valence electrons. The minimum atomic E-state index is -4.86. The van der Waals surface area contributed by atoms with Crippen LogP contribution in [0, 0.1) is 0 Å². The third-order valence-corrected chi connectivity index (χ3v) is 4.88. The predicted octanol–water partition coefficient (Wildman–Crippen LogP) is 1.00. The van der Waals surface area contributed by atoms with Gasteiger partial charge in [-0.05, 0) is 18.2 Å². The normalized spacial score (nSPS) is 11.2. The molecule has 0 aromatic heterocycles. The van der Waals surface area contributed by atoms with Crippen LogP contribution in [0.1, 0.15) is 28.4 Å². The number of aromatic hydroxyl groups is 4. The van der Waals surface area contributed by atoms with Gasteiger partial charge < -0.3 is 30.4 Å². The lowest BCUT2D eigenvalue weighted by Gasteiger charge is -2.23. The number of phenols is 4. The first-order valence-corrected chi connectivity index (χ1v) is 9.31. The average Bonchev–Trinajstić information content (AvgIpc) is 2.58. The van der Waals surface area contributed by atoms with E-state index in [1.165, 1.54) is 0 Å². The molecule has 0 fully saturated rings. The first kappa shape index (κ1) is 21.8. The third kappa shape index (κ3) is 4.86. The lowest BCUT2D eigenvalue weighted by Crippen LogP contribution is -2.28. The highest BCUT2D eigenvalue weighted by atomic mass is 32.2. The fourth-order valence-electron chi connectivity index (χ4n) is 2.57. The maximum Gasteiger partial charge on any atom is 0.339 e. The van der Waals surface area contributed by atoms with Crippen molar-refractivity contribution in [1.29, 1.82) is 0 Å². The predicted molar refractivity (Wildman–Crippen MR) is 96.2 cm³/mol. The summed E-state index contributed by atoms with van der Waals surface area (Å²) < 4.78 is 31.8. The molecule has 0 radical (unpaired) electrons. The Morgan fingerprint density at radius 2 is 1.52 bits per heavy atom. The third-order valence-electron chi connectivity index (χ3n) is 4.01. The Morgan fingerprint density at radius 3 is 2.03 bits per heavy atom. The monoisotopic (exact) mass is 427 g/mol. The molecule has 0 aliphatic carbocycles. The zero-order chi connectivity index (χ0) is 22.1. The molecule has 6 N–H and O–H groups in total. The highest BCUT2D eigenvalue weighted by Gasteiger charge is 2.23. The Morgan fingerprint density at radius 1 is 0.931 bits per heavy atom. The van der Waals surface area contributed by atoms with Crippen LogP contribution in [0.5, 0.6) is 23.0 Å². The molecular formula is C17H17NO10S. The zero-order valence-corrected chi connectivity index (χ0v) is 15.7. The zero-order valence-electron chi connectivity index (χ0n) is 14.9. The average molecular weight is 427 g/mol. The van der Waals surface area contributed by atoms with Gasteiger partial charge in [-0.1, -0.05) is 0 Å². The second kappa shape index (κ2) is 7.85. The van der Waals surface area contributed by atoms with E-state index in [1.807, 2.05) is 0 Å². The topological polar surface area (TPSA) is 193 Å². The van der Waals surface area contributed by atoms with Gasteiger partial charge >= 0.3 is 5.97 Å². The minimum absolute atomic E-state index is 0.0302. The smallest absolute Gasteiger partial charge is 0.339 e. The summed E-state index contributed by atoms with van der Waals surface area (Å²) in [5, 5.41) is 48.5. The summed E-state index contributed by atoms with van der Waals surface area (Å²) in [7, 11) is -4.86. The van der Waals surface area contributed by atoms with Crippen LogP contribution in [0.25, 0.3) is 0 Å². The van der Waals surface area contributed by atoms with Crippen molar-refractivity contribution >= 4 is 22.0 Å². The largest absolute Gasteiger partial charge is 0.508 e. The fourth-order valence-corrected chi connectivity index (χ4v) is 3.22. The molecule has 0 aliphatic rings. The van der Waals surface area contributed by atoms with Gasteiger partial charge in [0.1, 0.15) is 33.5 Å². The van der Waals surface area contributed by atoms with E-state index < -0.39 is 62.0 Å². The van der Waals surface area contributed by atoms with Crippen LogP contribution < -0.4 is 0 Å².